The molecule has 0 aliphatic carbocycles. The number of aliphatic carboxylic acids is 1. The number of hydrogen-bond acceptors (Lipinski definition) is 3. The summed E-state index contributed by atoms with van der Waals surface area (Å²) in [6.07, 6.45) is 1.45. The summed E-state index contributed by atoms with van der Waals surface area (Å²) in [5.41, 5.74) is 0. The molecule has 0 bridgehead atoms. The van der Waals surface area contributed by atoms with Crippen molar-refractivity contribution in [3.05, 3.63) is 0 Å². The van der Waals surface area contributed by atoms with Crippen LogP contribution in [0.2, 0.25) is 0 Å². The maximum Gasteiger partial charge on any atom is 0.307 e. The number of carboxylic acid groups (broad SMARTS) is 1. The number of nitrogens with one attached hydrogen (secondary N) is 1. The van der Waals surface area contributed by atoms with E-state index in [0.717, 1.165) is 12.8 Å². The zero-order valence-corrected chi connectivity index (χ0v) is 12.3. The highest BCUT2D eigenvalue weighted by molar-refractivity contribution is 7.87. The molecule has 0 saturated heterocycles. The van der Waals surface area contributed by atoms with Crippen molar-refractivity contribution in [2.75, 3.05) is 13.1 Å². The topological polar surface area (TPSA) is 86.7 Å². The van der Waals surface area contributed by atoms with Crippen LogP contribution in [-0.4, -0.2) is 42.9 Å². The van der Waals surface area contributed by atoms with Crippen LogP contribution in [0, 0.1) is 5.92 Å². The van der Waals surface area contributed by atoms with Gasteiger partial charge < -0.3 is 5.11 Å². The van der Waals surface area contributed by atoms with Gasteiger partial charge in [-0.15, -0.1) is 0 Å². The highest BCUT2D eigenvalue weighted by Crippen LogP contribution is 2.08. The average Bonchev–Trinajstić information content (AvgIpc) is 2.26. The maximum atomic E-state index is 12.1. The molecule has 0 aromatic rings. The van der Waals surface area contributed by atoms with Gasteiger partial charge in [-0.2, -0.15) is 17.4 Å². The number of carboxylic acids is 1. The summed E-state index contributed by atoms with van der Waals surface area (Å²) < 4.78 is 27.9. The minimum Gasteiger partial charge on any atom is -0.481 e. The van der Waals surface area contributed by atoms with Gasteiger partial charge in [0.15, 0.2) is 0 Å². The van der Waals surface area contributed by atoms with Gasteiger partial charge in [-0.3, -0.25) is 4.79 Å². The predicted octanol–water partition coefficient (Wildman–Crippen LogP) is 1.05. The van der Waals surface area contributed by atoms with Crippen LogP contribution in [0.15, 0.2) is 0 Å². The number of rotatable bonds is 9. The summed E-state index contributed by atoms with van der Waals surface area (Å²) >= 11 is 0. The van der Waals surface area contributed by atoms with E-state index < -0.39 is 28.1 Å². The summed E-state index contributed by atoms with van der Waals surface area (Å²) in [7, 11) is -3.60. The van der Waals surface area contributed by atoms with E-state index in [1.54, 1.807) is 6.92 Å². The summed E-state index contributed by atoms with van der Waals surface area (Å²) in [5.74, 6) is -1.77. The number of hydrogen-bond donors (Lipinski definition) is 2. The summed E-state index contributed by atoms with van der Waals surface area (Å²) in [4.78, 5) is 10.8. The van der Waals surface area contributed by atoms with Crippen LogP contribution in [0.4, 0.5) is 0 Å². The van der Waals surface area contributed by atoms with Crippen LogP contribution in [0.1, 0.15) is 40.5 Å². The Morgan fingerprint density at radius 2 is 1.67 bits per heavy atom. The van der Waals surface area contributed by atoms with Gasteiger partial charge in [-0.1, -0.05) is 20.8 Å². The highest BCUT2D eigenvalue weighted by atomic mass is 32.2. The van der Waals surface area contributed by atoms with Crippen molar-refractivity contribution < 1.29 is 18.3 Å². The van der Waals surface area contributed by atoms with Crippen LogP contribution >= 0.6 is 0 Å². The smallest absolute Gasteiger partial charge is 0.307 e. The molecule has 0 amide bonds. The quantitative estimate of drug-likeness (QED) is 0.661. The molecule has 0 rings (SSSR count). The third-order valence-corrected chi connectivity index (χ3v) is 4.47. The first-order chi connectivity index (χ1) is 8.26. The first-order valence-electron chi connectivity index (χ1n) is 6.26. The Kier molecular flexibility index (Phi) is 7.42. The van der Waals surface area contributed by atoms with E-state index in [1.807, 2.05) is 13.8 Å². The molecule has 0 radical (unpaired) electrons. The van der Waals surface area contributed by atoms with E-state index in [9.17, 15) is 13.2 Å². The molecule has 0 spiro atoms. The van der Waals surface area contributed by atoms with Crippen LogP contribution < -0.4 is 4.72 Å². The Labute approximate surface area is 110 Å². The Morgan fingerprint density at radius 3 is 2.00 bits per heavy atom. The Morgan fingerprint density at radius 1 is 1.22 bits per heavy atom. The molecule has 2 unspecified atom stereocenters. The SMILES string of the molecule is CCCN(CCC)S(=O)(=O)NC(C)C(C)C(=O)O. The third kappa shape index (κ3) is 5.32. The molecule has 0 aromatic carbocycles. The largest absolute Gasteiger partial charge is 0.481 e. The van der Waals surface area contributed by atoms with Gasteiger partial charge in [0, 0.05) is 19.1 Å². The van der Waals surface area contributed by atoms with E-state index in [1.165, 1.54) is 11.2 Å². The van der Waals surface area contributed by atoms with Crippen molar-refractivity contribution >= 4 is 16.2 Å². The van der Waals surface area contributed by atoms with Crippen molar-refractivity contribution in [2.24, 2.45) is 5.92 Å². The lowest BCUT2D eigenvalue weighted by molar-refractivity contribution is -0.141. The zero-order chi connectivity index (χ0) is 14.3. The average molecular weight is 280 g/mol. The molecule has 0 fully saturated rings. The van der Waals surface area contributed by atoms with Crippen molar-refractivity contribution in [3.63, 3.8) is 0 Å². The molecule has 18 heavy (non-hydrogen) atoms. The van der Waals surface area contributed by atoms with Gasteiger partial charge in [0.1, 0.15) is 0 Å². The van der Waals surface area contributed by atoms with Crippen LogP contribution in [-0.2, 0) is 15.0 Å². The standard InChI is InChI=1S/C11H24N2O4S/c1-5-7-13(8-6-2)18(16,17)12-10(4)9(3)11(14)15/h9-10,12H,5-8H2,1-4H3,(H,14,15). The molecular weight excluding hydrogens is 256 g/mol. The van der Waals surface area contributed by atoms with E-state index in [4.69, 9.17) is 5.11 Å². The predicted molar refractivity (Wildman–Crippen MR) is 70.5 cm³/mol. The summed E-state index contributed by atoms with van der Waals surface area (Å²) in [6, 6.07) is -0.635. The second-order valence-corrected chi connectivity index (χ2v) is 6.14. The molecule has 0 aliphatic heterocycles. The van der Waals surface area contributed by atoms with Gasteiger partial charge in [0.25, 0.3) is 10.2 Å². The molecule has 0 aliphatic rings. The van der Waals surface area contributed by atoms with Gasteiger partial charge in [0.2, 0.25) is 0 Å². The first kappa shape index (κ1) is 17.3. The van der Waals surface area contributed by atoms with E-state index >= 15 is 0 Å². The summed E-state index contributed by atoms with van der Waals surface area (Å²) in [5, 5.41) is 8.85. The lowest BCUT2D eigenvalue weighted by Crippen LogP contribution is -2.48. The molecule has 108 valence electrons. The molecule has 7 heteroatoms. The van der Waals surface area contributed by atoms with Crippen molar-refractivity contribution in [3.8, 4) is 0 Å². The van der Waals surface area contributed by atoms with Crippen molar-refractivity contribution in [1.29, 1.82) is 0 Å². The molecule has 2 atom stereocenters. The maximum absolute atomic E-state index is 12.1. The molecule has 6 nitrogen and oxygen atoms in total. The third-order valence-electron chi connectivity index (χ3n) is 2.76. The molecule has 0 aromatic heterocycles. The normalized spacial score (nSPS) is 15.6. The summed E-state index contributed by atoms with van der Waals surface area (Å²) in [6.45, 7) is 7.74. The van der Waals surface area contributed by atoms with Gasteiger partial charge in [0.05, 0.1) is 5.92 Å². The molecule has 0 saturated carbocycles. The van der Waals surface area contributed by atoms with E-state index in [2.05, 4.69) is 4.72 Å². The van der Waals surface area contributed by atoms with Crippen LogP contribution in [0.5, 0.6) is 0 Å². The molecule has 0 heterocycles. The van der Waals surface area contributed by atoms with Gasteiger partial charge in [-0.25, -0.2) is 0 Å². The zero-order valence-electron chi connectivity index (χ0n) is 11.5. The lowest BCUT2D eigenvalue weighted by Gasteiger charge is -2.25. The van der Waals surface area contributed by atoms with Gasteiger partial charge in [-0.05, 0) is 19.8 Å². The fraction of sp³-hybridized carbons (Fsp3) is 0.909. The monoisotopic (exact) mass is 280 g/mol. The Hall–Kier alpha value is -0.660. The van der Waals surface area contributed by atoms with E-state index in [0.29, 0.717) is 13.1 Å². The van der Waals surface area contributed by atoms with Crippen LogP contribution in [0.3, 0.4) is 0 Å². The fourth-order valence-electron chi connectivity index (χ4n) is 1.48. The van der Waals surface area contributed by atoms with Gasteiger partial charge >= 0.3 is 5.97 Å². The highest BCUT2D eigenvalue weighted by Gasteiger charge is 2.27. The minimum atomic E-state index is -3.60. The fourth-order valence-corrected chi connectivity index (χ4v) is 3.15. The minimum absolute atomic E-state index is 0.442. The molecular formula is C11H24N2O4S. The lowest BCUT2D eigenvalue weighted by atomic mass is 10.1. The second-order valence-electron chi connectivity index (χ2n) is 4.44. The van der Waals surface area contributed by atoms with Crippen molar-refractivity contribution in [1.82, 2.24) is 9.03 Å². The number of carbonyl (C=O) groups is 1. The van der Waals surface area contributed by atoms with E-state index in [-0.39, 0.29) is 0 Å². The van der Waals surface area contributed by atoms with Crippen molar-refractivity contribution in [2.45, 2.75) is 46.6 Å². The number of nitrogens with zero attached hydrogens (tertiary/aromatic N) is 1. The second kappa shape index (κ2) is 7.70. The van der Waals surface area contributed by atoms with Crippen LogP contribution in [0.25, 0.3) is 0 Å². The first-order valence-corrected chi connectivity index (χ1v) is 7.70. The Bertz CT molecular complexity index is 350. The molecule has 2 N–H and O–H groups in total. The Balaban J connectivity index is 4.75.